The molecule has 0 spiro atoms. The van der Waals surface area contributed by atoms with E-state index in [9.17, 15) is 14.5 Å². The van der Waals surface area contributed by atoms with Crippen molar-refractivity contribution in [3.05, 3.63) is 34.1 Å². The van der Waals surface area contributed by atoms with Crippen molar-refractivity contribution < 1.29 is 9.31 Å². The molecule has 1 rings (SSSR count). The summed E-state index contributed by atoms with van der Waals surface area (Å²) in [6.07, 6.45) is 0. The molecule has 0 radical (unpaired) electrons. The van der Waals surface area contributed by atoms with Crippen molar-refractivity contribution in [2.45, 2.75) is 26.8 Å². The first kappa shape index (κ1) is 12.4. The van der Waals surface area contributed by atoms with Crippen molar-refractivity contribution in [3.8, 4) is 0 Å². The van der Waals surface area contributed by atoms with Crippen LogP contribution in [-0.2, 0) is 0 Å². The van der Waals surface area contributed by atoms with Gasteiger partial charge in [0.1, 0.15) is 0 Å². The minimum atomic E-state index is -0.814. The third kappa shape index (κ3) is 2.92. The molecule has 0 amide bonds. The molecule has 5 heteroatoms. The maximum absolute atomic E-state index is 13.3. The summed E-state index contributed by atoms with van der Waals surface area (Å²) in [4.78, 5) is 9.68. The minimum Gasteiger partial charge on any atom is -0.382 e. The smallest absolute Gasteiger partial charge is 0.304 e. The molecule has 0 heterocycles. The molecule has 88 valence electrons. The topological polar surface area (TPSA) is 55.2 Å². The number of hydrogen-bond acceptors (Lipinski definition) is 3. The lowest BCUT2D eigenvalue weighted by Crippen LogP contribution is -2.21. The summed E-state index contributed by atoms with van der Waals surface area (Å²) >= 11 is 0. The number of nitro benzene ring substituents is 1. The van der Waals surface area contributed by atoms with Crippen molar-refractivity contribution >= 4 is 11.4 Å². The third-order valence-electron chi connectivity index (χ3n) is 2.54. The van der Waals surface area contributed by atoms with Crippen molar-refractivity contribution in [2.24, 2.45) is 5.92 Å². The normalized spacial score (nSPS) is 12.6. The standard InChI is InChI=1S/C11H15FN2O2/c1-7(2)8(3)13-9-4-5-11(14(15)16)10(12)6-9/h4-8,13H,1-3H3. The molecule has 0 saturated heterocycles. The van der Waals surface area contributed by atoms with E-state index in [2.05, 4.69) is 5.32 Å². The highest BCUT2D eigenvalue weighted by Crippen LogP contribution is 2.22. The Morgan fingerprint density at radius 3 is 2.44 bits per heavy atom. The number of nitro groups is 1. The van der Waals surface area contributed by atoms with Gasteiger partial charge in [-0.15, -0.1) is 0 Å². The fraction of sp³-hybridized carbons (Fsp3) is 0.455. The van der Waals surface area contributed by atoms with Gasteiger partial charge in [-0.1, -0.05) is 13.8 Å². The molecule has 0 aliphatic rings. The second-order valence-electron chi connectivity index (χ2n) is 4.10. The Bertz CT molecular complexity index is 394. The van der Waals surface area contributed by atoms with Crippen LogP contribution < -0.4 is 5.32 Å². The lowest BCUT2D eigenvalue weighted by atomic mass is 10.1. The Kier molecular flexibility index (Phi) is 3.82. The Hall–Kier alpha value is -1.65. The maximum atomic E-state index is 13.3. The number of benzene rings is 1. The van der Waals surface area contributed by atoms with Gasteiger partial charge in [0.15, 0.2) is 0 Å². The largest absolute Gasteiger partial charge is 0.382 e. The highest BCUT2D eigenvalue weighted by Gasteiger charge is 2.14. The van der Waals surface area contributed by atoms with Crippen LogP contribution in [0.5, 0.6) is 0 Å². The van der Waals surface area contributed by atoms with E-state index in [0.717, 1.165) is 6.07 Å². The van der Waals surface area contributed by atoms with E-state index in [4.69, 9.17) is 0 Å². The van der Waals surface area contributed by atoms with Gasteiger partial charge in [0.25, 0.3) is 0 Å². The number of nitrogens with zero attached hydrogens (tertiary/aromatic N) is 1. The molecule has 0 bridgehead atoms. The highest BCUT2D eigenvalue weighted by atomic mass is 19.1. The highest BCUT2D eigenvalue weighted by molar-refractivity contribution is 5.50. The molecular formula is C11H15FN2O2. The molecule has 16 heavy (non-hydrogen) atoms. The molecule has 1 unspecified atom stereocenters. The number of anilines is 1. The molecular weight excluding hydrogens is 211 g/mol. The molecule has 0 fully saturated rings. The number of nitrogens with one attached hydrogen (secondary N) is 1. The van der Waals surface area contributed by atoms with Gasteiger partial charge < -0.3 is 5.32 Å². The van der Waals surface area contributed by atoms with Crippen LogP contribution in [0, 0.1) is 21.8 Å². The first-order valence-corrected chi connectivity index (χ1v) is 5.12. The van der Waals surface area contributed by atoms with Crippen molar-refractivity contribution in [2.75, 3.05) is 5.32 Å². The molecule has 1 aromatic carbocycles. The van der Waals surface area contributed by atoms with Gasteiger partial charge in [0.05, 0.1) is 4.92 Å². The summed E-state index contributed by atoms with van der Waals surface area (Å²) in [5.41, 5.74) is 0.0621. The molecule has 0 aromatic heterocycles. The average Bonchev–Trinajstić information content (AvgIpc) is 2.16. The number of hydrogen-bond donors (Lipinski definition) is 1. The summed E-state index contributed by atoms with van der Waals surface area (Å²) in [5, 5.41) is 13.5. The summed E-state index contributed by atoms with van der Waals surface area (Å²) < 4.78 is 13.3. The van der Waals surface area contributed by atoms with Gasteiger partial charge >= 0.3 is 5.69 Å². The van der Waals surface area contributed by atoms with Crippen LogP contribution in [0.25, 0.3) is 0 Å². The van der Waals surface area contributed by atoms with Crippen LogP contribution in [0.1, 0.15) is 20.8 Å². The fourth-order valence-electron chi connectivity index (χ4n) is 1.17. The first-order valence-electron chi connectivity index (χ1n) is 5.12. The van der Waals surface area contributed by atoms with Crippen LogP contribution in [0.2, 0.25) is 0 Å². The van der Waals surface area contributed by atoms with E-state index in [1.54, 1.807) is 0 Å². The Morgan fingerprint density at radius 1 is 1.38 bits per heavy atom. The molecule has 0 aliphatic carbocycles. The zero-order valence-corrected chi connectivity index (χ0v) is 9.53. The Morgan fingerprint density at radius 2 is 2.00 bits per heavy atom. The quantitative estimate of drug-likeness (QED) is 0.633. The summed E-state index contributed by atoms with van der Waals surface area (Å²) in [6.45, 7) is 6.06. The van der Waals surface area contributed by atoms with Gasteiger partial charge in [-0.3, -0.25) is 10.1 Å². The van der Waals surface area contributed by atoms with Gasteiger partial charge in [0.2, 0.25) is 5.82 Å². The van der Waals surface area contributed by atoms with Gasteiger partial charge in [-0.25, -0.2) is 0 Å². The predicted molar refractivity (Wildman–Crippen MR) is 61.0 cm³/mol. The molecule has 1 aromatic rings. The molecule has 0 saturated carbocycles. The average molecular weight is 226 g/mol. The van der Waals surface area contributed by atoms with E-state index in [-0.39, 0.29) is 6.04 Å². The molecule has 0 aliphatic heterocycles. The van der Waals surface area contributed by atoms with E-state index >= 15 is 0 Å². The van der Waals surface area contributed by atoms with Gasteiger partial charge in [0, 0.05) is 23.9 Å². The molecule has 1 N–H and O–H groups in total. The van der Waals surface area contributed by atoms with Crippen molar-refractivity contribution in [3.63, 3.8) is 0 Å². The second-order valence-corrected chi connectivity index (χ2v) is 4.10. The van der Waals surface area contributed by atoms with Crippen LogP contribution in [0.3, 0.4) is 0 Å². The Balaban J connectivity index is 2.85. The lowest BCUT2D eigenvalue weighted by molar-refractivity contribution is -0.387. The van der Waals surface area contributed by atoms with Crippen molar-refractivity contribution in [1.29, 1.82) is 0 Å². The third-order valence-corrected chi connectivity index (χ3v) is 2.54. The van der Waals surface area contributed by atoms with E-state index in [1.165, 1.54) is 12.1 Å². The van der Waals surface area contributed by atoms with E-state index < -0.39 is 16.4 Å². The minimum absolute atomic E-state index is 0.181. The summed E-state index contributed by atoms with van der Waals surface area (Å²) in [7, 11) is 0. The molecule has 1 atom stereocenters. The van der Waals surface area contributed by atoms with Gasteiger partial charge in [-0.05, 0) is 18.9 Å². The van der Waals surface area contributed by atoms with Crippen LogP contribution in [-0.4, -0.2) is 11.0 Å². The number of rotatable bonds is 4. The zero-order valence-electron chi connectivity index (χ0n) is 9.53. The van der Waals surface area contributed by atoms with Crippen LogP contribution >= 0.6 is 0 Å². The number of halogens is 1. The van der Waals surface area contributed by atoms with E-state index in [0.29, 0.717) is 11.6 Å². The van der Waals surface area contributed by atoms with E-state index in [1.807, 2.05) is 20.8 Å². The lowest BCUT2D eigenvalue weighted by Gasteiger charge is -2.18. The van der Waals surface area contributed by atoms with Crippen LogP contribution in [0.4, 0.5) is 15.8 Å². The fourth-order valence-corrected chi connectivity index (χ4v) is 1.17. The Labute approximate surface area is 93.6 Å². The second kappa shape index (κ2) is 4.92. The SMILES string of the molecule is CC(C)C(C)Nc1ccc([N+](=O)[O-])c(F)c1. The summed E-state index contributed by atoms with van der Waals surface area (Å²) in [5.74, 6) is -0.413. The molecule has 4 nitrogen and oxygen atoms in total. The maximum Gasteiger partial charge on any atom is 0.304 e. The first-order chi connectivity index (χ1) is 7.41. The van der Waals surface area contributed by atoms with Crippen molar-refractivity contribution in [1.82, 2.24) is 0 Å². The zero-order chi connectivity index (χ0) is 12.3. The van der Waals surface area contributed by atoms with Gasteiger partial charge in [-0.2, -0.15) is 4.39 Å². The summed E-state index contributed by atoms with van der Waals surface area (Å²) in [6, 6.07) is 4.02. The van der Waals surface area contributed by atoms with Crippen LogP contribution in [0.15, 0.2) is 18.2 Å². The monoisotopic (exact) mass is 226 g/mol. The predicted octanol–water partition coefficient (Wildman–Crippen LogP) is 3.19.